The van der Waals surface area contributed by atoms with Gasteiger partial charge in [0.05, 0.1) is 16.5 Å². The third kappa shape index (κ3) is 4.34. The van der Waals surface area contributed by atoms with Gasteiger partial charge in [0.2, 0.25) is 0 Å². The summed E-state index contributed by atoms with van der Waals surface area (Å²) in [6.45, 7) is 0. The number of aromatic hydroxyl groups is 1. The third-order valence-corrected chi connectivity index (χ3v) is 3.93. The van der Waals surface area contributed by atoms with E-state index < -0.39 is 5.97 Å². The number of benzene rings is 2. The van der Waals surface area contributed by atoms with E-state index in [1.807, 2.05) is 0 Å². The van der Waals surface area contributed by atoms with Gasteiger partial charge in [-0.25, -0.2) is 0 Å². The minimum Gasteiger partial charge on any atom is -0.508 e. The number of phenolic OH excluding ortho intramolecular Hbond substituents is 1. The van der Waals surface area contributed by atoms with Gasteiger partial charge in [-0.3, -0.25) is 9.59 Å². The topological polar surface area (TPSA) is 74.6 Å². The first kappa shape index (κ1) is 17.1. The first-order chi connectivity index (χ1) is 10.9. The zero-order valence-electron chi connectivity index (χ0n) is 11.8. The summed E-state index contributed by atoms with van der Waals surface area (Å²) in [4.78, 5) is 22.9. The van der Waals surface area contributed by atoms with Crippen molar-refractivity contribution in [2.45, 2.75) is 6.42 Å². The van der Waals surface area contributed by atoms with Crippen molar-refractivity contribution in [3.63, 3.8) is 0 Å². The maximum atomic E-state index is 12.2. The van der Waals surface area contributed by atoms with Gasteiger partial charge < -0.3 is 10.2 Å². The maximum Gasteiger partial charge on any atom is 0.307 e. The molecule has 118 valence electrons. The Bertz CT molecular complexity index is 797. The molecule has 23 heavy (non-hydrogen) atoms. The van der Waals surface area contributed by atoms with E-state index in [9.17, 15) is 14.7 Å². The van der Waals surface area contributed by atoms with Crippen molar-refractivity contribution in [3.8, 4) is 5.75 Å². The number of hydrogen-bond acceptors (Lipinski definition) is 3. The van der Waals surface area contributed by atoms with Gasteiger partial charge >= 0.3 is 5.97 Å². The fourth-order valence-electron chi connectivity index (χ4n) is 1.95. The molecule has 0 aliphatic carbocycles. The standard InChI is InChI=1S/C17H12Cl2O4/c18-13-3-1-2-10(17(13)19)4-6-14(20)11-5-7-15(21)12(8-11)9-16(22)23/h1-8,21H,9H2,(H,22,23)/b6-4+. The van der Waals surface area contributed by atoms with Crippen molar-refractivity contribution >= 4 is 41.0 Å². The molecule has 0 heterocycles. The Morgan fingerprint density at radius 3 is 2.57 bits per heavy atom. The number of phenols is 1. The normalized spacial score (nSPS) is 10.9. The molecule has 0 unspecified atom stereocenters. The molecule has 2 aromatic rings. The van der Waals surface area contributed by atoms with Crippen LogP contribution in [0.1, 0.15) is 21.5 Å². The van der Waals surface area contributed by atoms with Gasteiger partial charge in [0.25, 0.3) is 0 Å². The molecule has 2 aromatic carbocycles. The smallest absolute Gasteiger partial charge is 0.307 e. The highest BCUT2D eigenvalue weighted by Gasteiger charge is 2.10. The molecule has 2 N–H and O–H groups in total. The molecule has 0 saturated heterocycles. The van der Waals surface area contributed by atoms with Crippen molar-refractivity contribution in [2.24, 2.45) is 0 Å². The zero-order chi connectivity index (χ0) is 17.0. The summed E-state index contributed by atoms with van der Waals surface area (Å²) in [7, 11) is 0. The number of carboxylic acids is 1. The lowest BCUT2D eigenvalue weighted by molar-refractivity contribution is -0.136. The highest BCUT2D eigenvalue weighted by molar-refractivity contribution is 6.42. The summed E-state index contributed by atoms with van der Waals surface area (Å²) in [5.74, 6) is -1.59. The van der Waals surface area contributed by atoms with E-state index >= 15 is 0 Å². The fourth-order valence-corrected chi connectivity index (χ4v) is 2.33. The summed E-state index contributed by atoms with van der Waals surface area (Å²) < 4.78 is 0. The van der Waals surface area contributed by atoms with Gasteiger partial charge in [-0.05, 0) is 42.0 Å². The molecule has 0 radical (unpaired) electrons. The molecule has 0 aromatic heterocycles. The van der Waals surface area contributed by atoms with Crippen LogP contribution in [-0.2, 0) is 11.2 Å². The lowest BCUT2D eigenvalue weighted by Crippen LogP contribution is -2.02. The number of ketones is 1. The Morgan fingerprint density at radius 2 is 1.87 bits per heavy atom. The summed E-state index contributed by atoms with van der Waals surface area (Å²) in [5.41, 5.74) is 1.04. The number of carbonyl (C=O) groups excluding carboxylic acids is 1. The van der Waals surface area contributed by atoms with E-state index in [4.69, 9.17) is 28.3 Å². The van der Waals surface area contributed by atoms with Crippen molar-refractivity contribution in [1.82, 2.24) is 0 Å². The third-order valence-electron chi connectivity index (χ3n) is 3.10. The molecular formula is C17H12Cl2O4. The molecule has 0 aliphatic heterocycles. The van der Waals surface area contributed by atoms with Crippen LogP contribution in [-0.4, -0.2) is 22.0 Å². The molecule has 0 saturated carbocycles. The van der Waals surface area contributed by atoms with Crippen molar-refractivity contribution in [1.29, 1.82) is 0 Å². The Labute approximate surface area is 142 Å². The number of allylic oxidation sites excluding steroid dienone is 1. The minimum absolute atomic E-state index is 0.161. The first-order valence-electron chi connectivity index (χ1n) is 6.58. The number of carbonyl (C=O) groups is 2. The summed E-state index contributed by atoms with van der Waals surface area (Å²) in [5, 5.41) is 19.1. The van der Waals surface area contributed by atoms with Crippen molar-refractivity contribution < 1.29 is 19.8 Å². The predicted octanol–water partition coefficient (Wildman–Crippen LogP) is 4.22. The van der Waals surface area contributed by atoms with Crippen LogP contribution in [0.4, 0.5) is 0 Å². The van der Waals surface area contributed by atoms with Crippen molar-refractivity contribution in [3.05, 3.63) is 69.2 Å². The quantitative estimate of drug-likeness (QED) is 0.625. The number of hydrogen-bond donors (Lipinski definition) is 2. The highest BCUT2D eigenvalue weighted by atomic mass is 35.5. The van der Waals surface area contributed by atoms with E-state index in [1.54, 1.807) is 18.2 Å². The Balaban J connectivity index is 2.25. The largest absolute Gasteiger partial charge is 0.508 e. The number of carboxylic acid groups (broad SMARTS) is 1. The van der Waals surface area contributed by atoms with Gasteiger partial charge in [-0.15, -0.1) is 0 Å². The van der Waals surface area contributed by atoms with E-state index in [0.29, 0.717) is 15.6 Å². The molecule has 0 atom stereocenters. The van der Waals surface area contributed by atoms with Crippen LogP contribution < -0.4 is 0 Å². The van der Waals surface area contributed by atoms with Crippen LogP contribution in [0.2, 0.25) is 10.0 Å². The molecule has 2 rings (SSSR count). The lowest BCUT2D eigenvalue weighted by Gasteiger charge is -2.04. The summed E-state index contributed by atoms with van der Waals surface area (Å²) >= 11 is 11.9. The van der Waals surface area contributed by atoms with Gasteiger partial charge in [0, 0.05) is 11.1 Å². The lowest BCUT2D eigenvalue weighted by atomic mass is 10.0. The SMILES string of the molecule is O=C(O)Cc1cc(C(=O)/C=C/c2cccc(Cl)c2Cl)ccc1O. The molecule has 6 heteroatoms. The van der Waals surface area contributed by atoms with E-state index in [1.165, 1.54) is 30.4 Å². The second-order valence-corrected chi connectivity index (χ2v) is 5.54. The Kier molecular flexibility index (Phi) is 5.42. The first-order valence-corrected chi connectivity index (χ1v) is 7.34. The fraction of sp³-hybridized carbons (Fsp3) is 0.0588. The van der Waals surface area contributed by atoms with Crippen LogP contribution in [0.5, 0.6) is 5.75 Å². The summed E-state index contributed by atoms with van der Waals surface area (Å²) in [6.07, 6.45) is 2.48. The van der Waals surface area contributed by atoms with Crippen LogP contribution in [0.15, 0.2) is 42.5 Å². The number of halogens is 2. The van der Waals surface area contributed by atoms with E-state index in [0.717, 1.165) is 0 Å². The van der Waals surface area contributed by atoms with Gasteiger partial charge in [-0.1, -0.05) is 35.3 Å². The second kappa shape index (κ2) is 7.31. The van der Waals surface area contributed by atoms with Gasteiger partial charge in [0.1, 0.15) is 5.75 Å². The maximum absolute atomic E-state index is 12.2. The van der Waals surface area contributed by atoms with Crippen LogP contribution >= 0.6 is 23.2 Å². The highest BCUT2D eigenvalue weighted by Crippen LogP contribution is 2.26. The van der Waals surface area contributed by atoms with Crippen molar-refractivity contribution in [2.75, 3.05) is 0 Å². The number of rotatable bonds is 5. The average molecular weight is 351 g/mol. The Hall–Kier alpha value is -2.30. The molecule has 0 aliphatic rings. The van der Waals surface area contributed by atoms with Crippen LogP contribution in [0, 0.1) is 0 Å². The molecule has 0 fully saturated rings. The van der Waals surface area contributed by atoms with E-state index in [2.05, 4.69) is 0 Å². The van der Waals surface area contributed by atoms with E-state index in [-0.39, 0.29) is 29.1 Å². The minimum atomic E-state index is -1.09. The zero-order valence-corrected chi connectivity index (χ0v) is 13.3. The predicted molar refractivity (Wildman–Crippen MR) is 89.3 cm³/mol. The van der Waals surface area contributed by atoms with Gasteiger partial charge in [-0.2, -0.15) is 0 Å². The molecule has 0 amide bonds. The molecule has 0 bridgehead atoms. The number of aliphatic carboxylic acids is 1. The van der Waals surface area contributed by atoms with Crippen LogP contribution in [0.3, 0.4) is 0 Å². The second-order valence-electron chi connectivity index (χ2n) is 4.75. The molecule has 4 nitrogen and oxygen atoms in total. The molecular weight excluding hydrogens is 339 g/mol. The monoisotopic (exact) mass is 350 g/mol. The Morgan fingerprint density at radius 1 is 1.13 bits per heavy atom. The average Bonchev–Trinajstić information content (AvgIpc) is 2.50. The molecule has 0 spiro atoms. The van der Waals surface area contributed by atoms with Crippen LogP contribution in [0.25, 0.3) is 6.08 Å². The van der Waals surface area contributed by atoms with Gasteiger partial charge in [0.15, 0.2) is 5.78 Å². The summed E-state index contributed by atoms with van der Waals surface area (Å²) in [6, 6.07) is 9.14.